The first-order valence-electron chi connectivity index (χ1n) is 10.4. The van der Waals surface area contributed by atoms with Crippen LogP contribution in [-0.4, -0.2) is 41.7 Å². The normalized spacial score (nSPS) is 21.7. The minimum absolute atomic E-state index is 0.178. The largest absolute Gasteiger partial charge is 0.471 e. The van der Waals surface area contributed by atoms with Gasteiger partial charge in [-0.3, -0.25) is 0 Å². The van der Waals surface area contributed by atoms with Crippen molar-refractivity contribution in [1.29, 1.82) is 0 Å². The van der Waals surface area contributed by atoms with Crippen molar-refractivity contribution in [2.45, 2.75) is 75.0 Å². The molecule has 0 bridgehead atoms. The van der Waals surface area contributed by atoms with Crippen molar-refractivity contribution in [3.63, 3.8) is 0 Å². The fourth-order valence-electron chi connectivity index (χ4n) is 3.62. The van der Waals surface area contributed by atoms with Gasteiger partial charge in [-0.15, -0.1) is 0 Å². The van der Waals surface area contributed by atoms with E-state index in [1.165, 1.54) is 12.1 Å². The quantitative estimate of drug-likeness (QED) is 0.587. The number of aliphatic hydroxyl groups is 1. The molecule has 4 rings (SSSR count). The molecule has 0 radical (unpaired) electrons. The molecule has 8 nitrogen and oxygen atoms in total. The highest BCUT2D eigenvalue weighted by Gasteiger charge is 2.32. The lowest BCUT2D eigenvalue weighted by Gasteiger charge is -2.19. The lowest BCUT2D eigenvalue weighted by molar-refractivity contribution is 0.0567. The molecule has 2 aromatic rings. The molecule has 1 aromatic heterocycles. The summed E-state index contributed by atoms with van der Waals surface area (Å²) in [5, 5.41) is 13.2. The summed E-state index contributed by atoms with van der Waals surface area (Å²) in [5.41, 5.74) is 1.66. The van der Waals surface area contributed by atoms with Crippen LogP contribution in [0.1, 0.15) is 57.4 Å². The Morgan fingerprint density at radius 2 is 1.87 bits per heavy atom. The smallest absolute Gasteiger partial charge is 0.240 e. The molecule has 2 aliphatic carbocycles. The zero-order valence-electron chi connectivity index (χ0n) is 17.2. The van der Waals surface area contributed by atoms with Gasteiger partial charge in [0.25, 0.3) is 0 Å². The van der Waals surface area contributed by atoms with Gasteiger partial charge in [0.05, 0.1) is 11.0 Å². The molecule has 9 heteroatoms. The van der Waals surface area contributed by atoms with Crippen molar-refractivity contribution >= 4 is 21.7 Å². The third-order valence-electron chi connectivity index (χ3n) is 5.29. The van der Waals surface area contributed by atoms with E-state index >= 15 is 0 Å². The number of nitrogens with one attached hydrogen (secondary N) is 2. The number of anilines is 2. The van der Waals surface area contributed by atoms with Gasteiger partial charge in [-0.1, -0.05) is 0 Å². The number of sulfonamides is 1. The Hall–Kier alpha value is -2.23. The fourth-order valence-corrected chi connectivity index (χ4v) is 4.87. The molecule has 1 aromatic carbocycles. The molecule has 0 aliphatic heterocycles. The van der Waals surface area contributed by atoms with E-state index in [1.807, 2.05) is 0 Å². The van der Waals surface area contributed by atoms with Crippen molar-refractivity contribution in [1.82, 2.24) is 14.7 Å². The summed E-state index contributed by atoms with van der Waals surface area (Å²) in [7, 11) is -3.54. The topological polar surface area (TPSA) is 113 Å². The van der Waals surface area contributed by atoms with Gasteiger partial charge in [0, 0.05) is 23.5 Å². The van der Waals surface area contributed by atoms with Crippen LogP contribution in [0.15, 0.2) is 35.4 Å². The van der Waals surface area contributed by atoms with E-state index in [4.69, 9.17) is 4.74 Å². The van der Waals surface area contributed by atoms with Crippen molar-refractivity contribution in [2.75, 3.05) is 5.32 Å². The lowest BCUT2D eigenvalue weighted by Crippen LogP contribution is -2.30. The Morgan fingerprint density at radius 3 is 2.47 bits per heavy atom. The maximum atomic E-state index is 12.3. The predicted octanol–water partition coefficient (Wildman–Crippen LogP) is 3.08. The Morgan fingerprint density at radius 1 is 1.13 bits per heavy atom. The minimum Gasteiger partial charge on any atom is -0.471 e. The van der Waals surface area contributed by atoms with E-state index in [-0.39, 0.29) is 17.0 Å². The summed E-state index contributed by atoms with van der Waals surface area (Å²) >= 11 is 0. The molecule has 162 valence electrons. The maximum absolute atomic E-state index is 12.3. The van der Waals surface area contributed by atoms with Gasteiger partial charge in [0.2, 0.25) is 21.9 Å². The average Bonchev–Trinajstić information content (AvgIpc) is 3.45. The average molecular weight is 433 g/mol. The van der Waals surface area contributed by atoms with E-state index in [2.05, 4.69) is 20.0 Å². The minimum atomic E-state index is -3.54. The van der Waals surface area contributed by atoms with Crippen LogP contribution >= 0.6 is 0 Å². The SMILES string of the molecule is CC(C)NS(=O)(=O)c1ccc(Nc2ncc(C3CC3)c(O[C@@H]3CCC[C@H]3O)n2)cc1. The van der Waals surface area contributed by atoms with Crippen molar-refractivity contribution in [3.8, 4) is 5.88 Å². The fraction of sp³-hybridized carbons (Fsp3) is 0.524. The predicted molar refractivity (Wildman–Crippen MR) is 113 cm³/mol. The molecular formula is C21H28N4O4S. The summed E-state index contributed by atoms with van der Waals surface area (Å²) in [6.45, 7) is 3.56. The van der Waals surface area contributed by atoms with Crippen LogP contribution in [0.3, 0.4) is 0 Å². The van der Waals surface area contributed by atoms with Gasteiger partial charge >= 0.3 is 0 Å². The van der Waals surface area contributed by atoms with Crippen LogP contribution in [0.4, 0.5) is 11.6 Å². The van der Waals surface area contributed by atoms with Gasteiger partial charge in [0.15, 0.2) is 0 Å². The summed E-state index contributed by atoms with van der Waals surface area (Å²) in [6, 6.07) is 6.25. The second-order valence-corrected chi connectivity index (χ2v) is 10.0. The van der Waals surface area contributed by atoms with Crippen molar-refractivity contribution < 1.29 is 18.3 Å². The van der Waals surface area contributed by atoms with Crippen LogP contribution in [0.2, 0.25) is 0 Å². The second kappa shape index (κ2) is 8.49. The van der Waals surface area contributed by atoms with E-state index in [9.17, 15) is 13.5 Å². The molecule has 2 fully saturated rings. The third-order valence-corrected chi connectivity index (χ3v) is 6.96. The lowest BCUT2D eigenvalue weighted by atomic mass is 10.2. The van der Waals surface area contributed by atoms with Gasteiger partial charge in [-0.2, -0.15) is 4.98 Å². The highest BCUT2D eigenvalue weighted by molar-refractivity contribution is 7.89. The molecule has 0 spiro atoms. The number of nitrogens with zero attached hydrogens (tertiary/aromatic N) is 2. The molecule has 30 heavy (non-hydrogen) atoms. The molecule has 0 amide bonds. The number of hydrogen-bond donors (Lipinski definition) is 3. The number of benzene rings is 1. The maximum Gasteiger partial charge on any atom is 0.240 e. The number of rotatable bonds is 8. The van der Waals surface area contributed by atoms with Crippen molar-refractivity contribution in [2.24, 2.45) is 0 Å². The van der Waals surface area contributed by atoms with Crippen molar-refractivity contribution in [3.05, 3.63) is 36.0 Å². The summed E-state index contributed by atoms with van der Waals surface area (Å²) in [5.74, 6) is 1.32. The molecule has 2 atom stereocenters. The van der Waals surface area contributed by atoms with Gasteiger partial charge in [-0.05, 0) is 76.1 Å². The standard InChI is InChI=1S/C21H28N4O4S/c1-13(2)25-30(27,28)16-10-8-15(9-11-16)23-21-22-12-17(14-6-7-14)20(24-21)29-19-5-3-4-18(19)26/h8-14,18-19,25-26H,3-7H2,1-2H3,(H,22,23,24)/t18-,19-/m1/s1. The number of aliphatic hydroxyl groups excluding tert-OH is 1. The van der Waals surface area contributed by atoms with Crippen LogP contribution in [0.5, 0.6) is 5.88 Å². The zero-order chi connectivity index (χ0) is 21.3. The zero-order valence-corrected chi connectivity index (χ0v) is 18.0. The van der Waals surface area contributed by atoms with E-state index < -0.39 is 16.1 Å². The number of ether oxygens (including phenoxy) is 1. The Bertz CT molecular complexity index is 991. The molecule has 0 unspecified atom stereocenters. The first-order valence-corrected chi connectivity index (χ1v) is 11.9. The Balaban J connectivity index is 1.51. The Labute approximate surface area is 177 Å². The van der Waals surface area contributed by atoms with Crippen LogP contribution in [0.25, 0.3) is 0 Å². The van der Waals surface area contributed by atoms with E-state index in [0.717, 1.165) is 37.7 Å². The molecule has 2 saturated carbocycles. The molecule has 3 N–H and O–H groups in total. The third kappa shape index (κ3) is 4.91. The Kier molecular flexibility index (Phi) is 5.95. The van der Waals surface area contributed by atoms with E-state index in [0.29, 0.717) is 23.4 Å². The number of hydrogen-bond acceptors (Lipinski definition) is 7. The van der Waals surface area contributed by atoms with Crippen LogP contribution in [-0.2, 0) is 10.0 Å². The van der Waals surface area contributed by atoms with Crippen LogP contribution in [0, 0.1) is 0 Å². The van der Waals surface area contributed by atoms with E-state index in [1.54, 1.807) is 32.2 Å². The summed E-state index contributed by atoms with van der Waals surface area (Å²) < 4.78 is 33.2. The second-order valence-electron chi connectivity index (χ2n) is 8.31. The molecular weight excluding hydrogens is 404 g/mol. The first-order chi connectivity index (χ1) is 14.3. The molecule has 1 heterocycles. The van der Waals surface area contributed by atoms with Crippen LogP contribution < -0.4 is 14.8 Å². The number of aromatic nitrogens is 2. The van der Waals surface area contributed by atoms with Gasteiger partial charge < -0.3 is 15.2 Å². The molecule has 0 saturated heterocycles. The summed E-state index contributed by atoms with van der Waals surface area (Å²) in [6.07, 6.45) is 5.80. The summed E-state index contributed by atoms with van der Waals surface area (Å²) in [4.78, 5) is 9.16. The molecule has 2 aliphatic rings. The van der Waals surface area contributed by atoms with Gasteiger partial charge in [0.1, 0.15) is 6.10 Å². The highest BCUT2D eigenvalue weighted by Crippen LogP contribution is 2.44. The van der Waals surface area contributed by atoms with Gasteiger partial charge in [-0.25, -0.2) is 18.1 Å². The monoisotopic (exact) mass is 432 g/mol. The highest BCUT2D eigenvalue weighted by atomic mass is 32.2. The first kappa shape index (κ1) is 21.0.